The maximum absolute atomic E-state index is 9.79. The molecule has 0 aliphatic carbocycles. The van der Waals surface area contributed by atoms with Crippen LogP contribution >= 0.6 is 0 Å². The molecule has 9 heavy (non-hydrogen) atoms. The van der Waals surface area contributed by atoms with E-state index in [2.05, 4.69) is 5.32 Å². The number of nitrogens with one attached hydrogen (secondary N) is 1. The molecule has 0 bridgehead atoms. The molecule has 0 rings (SSSR count). The number of aliphatic carboxylic acids is 1. The van der Waals surface area contributed by atoms with Crippen molar-refractivity contribution in [2.75, 3.05) is 6.54 Å². The number of hydrogen-bond acceptors (Lipinski definition) is 4. The van der Waals surface area contributed by atoms with Crippen LogP contribution in [0.3, 0.4) is 0 Å². The molecule has 0 heterocycles. The summed E-state index contributed by atoms with van der Waals surface area (Å²) in [4.78, 5) is 19.5. The van der Waals surface area contributed by atoms with E-state index in [1.54, 1.807) is 0 Å². The van der Waals surface area contributed by atoms with Crippen molar-refractivity contribution in [2.24, 2.45) is 5.73 Å². The summed E-state index contributed by atoms with van der Waals surface area (Å²) in [6, 6.07) is 0. The molecule has 0 aromatic rings. The Bertz CT molecular complexity index is 114. The highest BCUT2D eigenvalue weighted by Crippen LogP contribution is 1.62. The summed E-state index contributed by atoms with van der Waals surface area (Å²) in [6.45, 7) is -0.292. The van der Waals surface area contributed by atoms with Crippen LogP contribution in [-0.2, 0) is 9.59 Å². The van der Waals surface area contributed by atoms with Crippen molar-refractivity contribution >= 4 is 12.3 Å². The van der Waals surface area contributed by atoms with Gasteiger partial charge in [0.05, 0.1) is 6.54 Å². The molecule has 1 atom stereocenters. The molecule has 52 valence electrons. The fraction of sp³-hybridized carbons (Fsp3) is 0.500. The number of rotatable bonds is 4. The van der Waals surface area contributed by atoms with Crippen LogP contribution in [0.15, 0.2) is 0 Å². The van der Waals surface area contributed by atoms with Crippen LogP contribution in [0.4, 0.5) is 0 Å². The SMILES string of the molecule is NC(C=O)NCC(=O)O. The van der Waals surface area contributed by atoms with E-state index in [1.165, 1.54) is 0 Å². The van der Waals surface area contributed by atoms with Crippen molar-refractivity contribution in [2.45, 2.75) is 6.17 Å². The monoisotopic (exact) mass is 132 g/mol. The summed E-state index contributed by atoms with van der Waals surface area (Å²) < 4.78 is 0. The van der Waals surface area contributed by atoms with Crippen LogP contribution in [0, 0.1) is 0 Å². The lowest BCUT2D eigenvalue weighted by Crippen LogP contribution is -2.41. The predicted molar refractivity (Wildman–Crippen MR) is 29.7 cm³/mol. The Hall–Kier alpha value is -0.940. The maximum atomic E-state index is 9.79. The third-order valence-electron chi connectivity index (χ3n) is 0.636. The first-order valence-corrected chi connectivity index (χ1v) is 2.33. The zero-order chi connectivity index (χ0) is 7.28. The molecule has 1 unspecified atom stereocenters. The second-order valence-electron chi connectivity index (χ2n) is 1.44. The summed E-state index contributed by atoms with van der Waals surface area (Å²) >= 11 is 0. The van der Waals surface area contributed by atoms with E-state index < -0.39 is 12.1 Å². The van der Waals surface area contributed by atoms with Crippen molar-refractivity contribution in [3.63, 3.8) is 0 Å². The second kappa shape index (κ2) is 3.99. The van der Waals surface area contributed by atoms with Crippen molar-refractivity contribution in [3.05, 3.63) is 0 Å². The zero-order valence-electron chi connectivity index (χ0n) is 4.70. The van der Waals surface area contributed by atoms with Gasteiger partial charge >= 0.3 is 5.97 Å². The molecule has 0 aliphatic heterocycles. The second-order valence-corrected chi connectivity index (χ2v) is 1.44. The van der Waals surface area contributed by atoms with Gasteiger partial charge in [-0.3, -0.25) is 10.1 Å². The summed E-state index contributed by atoms with van der Waals surface area (Å²) in [5.41, 5.74) is 4.98. The van der Waals surface area contributed by atoms with Crippen LogP contribution < -0.4 is 11.1 Å². The Morgan fingerprint density at radius 3 is 2.78 bits per heavy atom. The zero-order valence-corrected chi connectivity index (χ0v) is 4.70. The number of aldehydes is 1. The largest absolute Gasteiger partial charge is 0.480 e. The smallest absolute Gasteiger partial charge is 0.317 e. The summed E-state index contributed by atoms with van der Waals surface area (Å²) in [5, 5.41) is 10.3. The molecule has 0 aliphatic rings. The lowest BCUT2D eigenvalue weighted by molar-refractivity contribution is -0.136. The number of hydrogen-bond donors (Lipinski definition) is 3. The van der Waals surface area contributed by atoms with Gasteiger partial charge in [0.2, 0.25) is 0 Å². The van der Waals surface area contributed by atoms with Gasteiger partial charge in [-0.2, -0.15) is 0 Å². The van der Waals surface area contributed by atoms with E-state index in [1.807, 2.05) is 0 Å². The molecule has 0 aromatic heterocycles. The lowest BCUT2D eigenvalue weighted by Gasteiger charge is -2.01. The summed E-state index contributed by atoms with van der Waals surface area (Å²) in [7, 11) is 0. The fourth-order valence-corrected chi connectivity index (χ4v) is 0.253. The van der Waals surface area contributed by atoms with Crippen LogP contribution in [0.2, 0.25) is 0 Å². The van der Waals surface area contributed by atoms with Crippen LogP contribution in [0.1, 0.15) is 0 Å². The number of carbonyl (C=O) groups excluding carboxylic acids is 1. The molecule has 4 N–H and O–H groups in total. The quantitative estimate of drug-likeness (QED) is 0.308. The summed E-state index contributed by atoms with van der Waals surface area (Å²) in [6.07, 6.45) is -0.441. The fourth-order valence-electron chi connectivity index (χ4n) is 0.253. The molecule has 5 heteroatoms. The lowest BCUT2D eigenvalue weighted by atomic mass is 10.5. The topological polar surface area (TPSA) is 92.4 Å². The Morgan fingerprint density at radius 2 is 2.44 bits per heavy atom. The average Bonchev–Trinajstić information content (AvgIpc) is 1.83. The number of nitrogens with two attached hydrogens (primary N) is 1. The van der Waals surface area contributed by atoms with E-state index in [4.69, 9.17) is 10.8 Å². The standard InChI is InChI=1S/C4H8N2O3/c5-3(2-7)6-1-4(8)9/h2-3,6H,1,5H2,(H,8,9). The minimum absolute atomic E-state index is 0.292. The van der Waals surface area contributed by atoms with Gasteiger partial charge in [0.25, 0.3) is 0 Å². The first kappa shape index (κ1) is 8.06. The molecular weight excluding hydrogens is 124 g/mol. The normalized spacial score (nSPS) is 12.6. The molecule has 0 spiro atoms. The van der Waals surface area contributed by atoms with E-state index in [9.17, 15) is 9.59 Å². The molecule has 0 amide bonds. The van der Waals surface area contributed by atoms with Crippen molar-refractivity contribution in [1.82, 2.24) is 5.32 Å². The highest BCUT2D eigenvalue weighted by atomic mass is 16.4. The Morgan fingerprint density at radius 1 is 1.89 bits per heavy atom. The minimum Gasteiger partial charge on any atom is -0.480 e. The molecule has 0 aromatic carbocycles. The first-order valence-electron chi connectivity index (χ1n) is 2.33. The van der Waals surface area contributed by atoms with Crippen molar-refractivity contribution in [1.29, 1.82) is 0 Å². The number of carbonyl (C=O) groups is 2. The number of carboxylic acids is 1. The summed E-state index contributed by atoms with van der Waals surface area (Å²) in [5.74, 6) is -1.03. The van der Waals surface area contributed by atoms with E-state index in [0.717, 1.165) is 0 Å². The predicted octanol–water partition coefficient (Wildman–Crippen LogP) is -1.86. The average molecular weight is 132 g/mol. The van der Waals surface area contributed by atoms with E-state index in [-0.39, 0.29) is 6.54 Å². The van der Waals surface area contributed by atoms with Crippen molar-refractivity contribution < 1.29 is 14.7 Å². The Labute approximate surface area is 51.8 Å². The van der Waals surface area contributed by atoms with Gasteiger partial charge in [-0.1, -0.05) is 0 Å². The van der Waals surface area contributed by atoms with Crippen LogP contribution in [0.5, 0.6) is 0 Å². The van der Waals surface area contributed by atoms with Crippen molar-refractivity contribution in [3.8, 4) is 0 Å². The Balaban J connectivity index is 3.26. The third-order valence-corrected chi connectivity index (χ3v) is 0.636. The van der Waals surface area contributed by atoms with Gasteiger partial charge in [0.1, 0.15) is 6.17 Å². The van der Waals surface area contributed by atoms with Crippen LogP contribution in [0.25, 0.3) is 0 Å². The van der Waals surface area contributed by atoms with Gasteiger partial charge in [-0.05, 0) is 0 Å². The van der Waals surface area contributed by atoms with Gasteiger partial charge in [-0.25, -0.2) is 0 Å². The van der Waals surface area contributed by atoms with Gasteiger partial charge in [-0.15, -0.1) is 0 Å². The highest BCUT2D eigenvalue weighted by molar-refractivity contribution is 5.70. The Kier molecular flexibility index (Phi) is 3.57. The first-order chi connectivity index (χ1) is 4.16. The highest BCUT2D eigenvalue weighted by Gasteiger charge is 1.99. The van der Waals surface area contributed by atoms with E-state index >= 15 is 0 Å². The molecule has 0 saturated carbocycles. The van der Waals surface area contributed by atoms with Gasteiger partial charge in [0.15, 0.2) is 6.29 Å². The maximum Gasteiger partial charge on any atom is 0.317 e. The van der Waals surface area contributed by atoms with Gasteiger partial charge < -0.3 is 15.6 Å². The molecule has 5 nitrogen and oxygen atoms in total. The molecule has 0 radical (unpaired) electrons. The van der Waals surface area contributed by atoms with Crippen LogP contribution in [-0.4, -0.2) is 30.1 Å². The number of carboxylic acid groups (broad SMARTS) is 1. The molecular formula is C4H8N2O3. The van der Waals surface area contributed by atoms with Gasteiger partial charge in [0, 0.05) is 0 Å². The molecule has 0 fully saturated rings. The third kappa shape index (κ3) is 4.92. The molecule has 0 saturated heterocycles. The minimum atomic E-state index is -1.03. The van der Waals surface area contributed by atoms with E-state index in [0.29, 0.717) is 6.29 Å².